The molecule has 3 aromatic rings. The third-order valence-corrected chi connectivity index (χ3v) is 4.81. The summed E-state index contributed by atoms with van der Waals surface area (Å²) in [5.41, 5.74) is 2.67. The molecule has 0 spiro atoms. The normalized spacial score (nSPS) is 13.4. The molecule has 4 rings (SSSR count). The smallest absolute Gasteiger partial charge is 0.257 e. The summed E-state index contributed by atoms with van der Waals surface area (Å²) < 4.78 is 26.9. The average Bonchev–Trinajstić information content (AvgIpc) is 3.26. The van der Waals surface area contributed by atoms with E-state index in [2.05, 4.69) is 20.5 Å². The van der Waals surface area contributed by atoms with Crippen LogP contribution in [0.1, 0.15) is 23.2 Å². The molecule has 7 heteroatoms. The molecule has 1 amide bonds. The third kappa shape index (κ3) is 4.51. The topological polar surface area (TPSA) is 57.3 Å². The summed E-state index contributed by atoms with van der Waals surface area (Å²) in [7, 11) is 0. The average molecular weight is 394 g/mol. The van der Waals surface area contributed by atoms with Gasteiger partial charge < -0.3 is 15.5 Å². The summed E-state index contributed by atoms with van der Waals surface area (Å²) in [6.07, 6.45) is 5.31. The van der Waals surface area contributed by atoms with E-state index in [-0.39, 0.29) is 11.6 Å². The Morgan fingerprint density at radius 1 is 0.931 bits per heavy atom. The number of anilines is 4. The Labute approximate surface area is 167 Å². The summed E-state index contributed by atoms with van der Waals surface area (Å²) in [6, 6.07) is 12.5. The largest absolute Gasteiger partial charge is 0.372 e. The number of halogens is 2. The minimum atomic E-state index is -0.724. The number of aromatic nitrogens is 1. The van der Waals surface area contributed by atoms with Crippen LogP contribution in [-0.2, 0) is 0 Å². The molecule has 2 aromatic carbocycles. The van der Waals surface area contributed by atoms with Gasteiger partial charge in [0.05, 0.1) is 23.1 Å². The van der Waals surface area contributed by atoms with Gasteiger partial charge in [-0.05, 0) is 55.3 Å². The molecular weight excluding hydrogens is 374 g/mol. The molecule has 1 fully saturated rings. The molecule has 29 heavy (non-hydrogen) atoms. The summed E-state index contributed by atoms with van der Waals surface area (Å²) in [5.74, 6) is -1.71. The van der Waals surface area contributed by atoms with Crippen molar-refractivity contribution in [1.29, 1.82) is 0 Å². The van der Waals surface area contributed by atoms with Crippen molar-refractivity contribution in [1.82, 2.24) is 4.98 Å². The zero-order valence-electron chi connectivity index (χ0n) is 15.7. The Bertz CT molecular complexity index is 1020. The second-order valence-electron chi connectivity index (χ2n) is 6.91. The summed E-state index contributed by atoms with van der Waals surface area (Å²) >= 11 is 0. The van der Waals surface area contributed by atoms with Crippen LogP contribution >= 0.6 is 0 Å². The molecule has 148 valence electrons. The highest BCUT2D eigenvalue weighted by molar-refractivity contribution is 6.04. The van der Waals surface area contributed by atoms with E-state index >= 15 is 0 Å². The SMILES string of the molecule is O=C(Nc1ccc(N2CCCC2)cc1)c1cncc(Nc2ccc(F)cc2F)c1. The van der Waals surface area contributed by atoms with Gasteiger partial charge in [-0.1, -0.05) is 0 Å². The van der Waals surface area contributed by atoms with Gasteiger partial charge >= 0.3 is 0 Å². The van der Waals surface area contributed by atoms with E-state index in [0.717, 1.165) is 30.9 Å². The van der Waals surface area contributed by atoms with E-state index in [1.165, 1.54) is 31.3 Å². The number of nitrogens with zero attached hydrogens (tertiary/aromatic N) is 2. The molecule has 1 aliphatic heterocycles. The molecule has 0 atom stereocenters. The van der Waals surface area contributed by atoms with Crippen LogP contribution in [0.25, 0.3) is 0 Å². The van der Waals surface area contributed by atoms with Crippen LogP contribution in [-0.4, -0.2) is 24.0 Å². The van der Waals surface area contributed by atoms with Gasteiger partial charge in [-0.3, -0.25) is 9.78 Å². The fraction of sp³-hybridized carbons (Fsp3) is 0.182. The van der Waals surface area contributed by atoms with Crippen LogP contribution in [0.15, 0.2) is 60.9 Å². The van der Waals surface area contributed by atoms with Gasteiger partial charge in [-0.2, -0.15) is 0 Å². The molecule has 1 aromatic heterocycles. The Balaban J connectivity index is 1.44. The van der Waals surface area contributed by atoms with Crippen LogP contribution in [0.5, 0.6) is 0 Å². The first-order valence-electron chi connectivity index (χ1n) is 9.42. The number of benzene rings is 2. The molecule has 2 N–H and O–H groups in total. The van der Waals surface area contributed by atoms with E-state index in [1.54, 1.807) is 6.07 Å². The van der Waals surface area contributed by atoms with Gasteiger partial charge in [0, 0.05) is 36.7 Å². The summed E-state index contributed by atoms with van der Waals surface area (Å²) in [4.78, 5) is 18.9. The fourth-order valence-corrected chi connectivity index (χ4v) is 3.31. The summed E-state index contributed by atoms with van der Waals surface area (Å²) in [5, 5.41) is 5.64. The number of nitrogens with one attached hydrogen (secondary N) is 2. The van der Waals surface area contributed by atoms with Gasteiger partial charge in [0.25, 0.3) is 5.91 Å². The van der Waals surface area contributed by atoms with Gasteiger partial charge in [-0.15, -0.1) is 0 Å². The molecule has 0 saturated carbocycles. The number of carbonyl (C=O) groups excluding carboxylic acids is 1. The van der Waals surface area contributed by atoms with Crippen LogP contribution < -0.4 is 15.5 Å². The Kier molecular flexibility index (Phi) is 5.37. The molecule has 5 nitrogen and oxygen atoms in total. The van der Waals surface area contributed by atoms with Gasteiger partial charge in [0.2, 0.25) is 0 Å². The van der Waals surface area contributed by atoms with Crippen LogP contribution in [0.2, 0.25) is 0 Å². The lowest BCUT2D eigenvalue weighted by molar-refractivity contribution is 0.102. The molecule has 2 heterocycles. The Hall–Kier alpha value is -3.48. The van der Waals surface area contributed by atoms with E-state index in [1.807, 2.05) is 24.3 Å². The number of carbonyl (C=O) groups is 1. The monoisotopic (exact) mass is 394 g/mol. The van der Waals surface area contributed by atoms with Gasteiger partial charge in [0.15, 0.2) is 0 Å². The highest BCUT2D eigenvalue weighted by Gasteiger charge is 2.13. The number of amides is 1. The first-order valence-corrected chi connectivity index (χ1v) is 9.42. The highest BCUT2D eigenvalue weighted by atomic mass is 19.1. The van der Waals surface area contributed by atoms with Crippen LogP contribution in [0.3, 0.4) is 0 Å². The van der Waals surface area contributed by atoms with Crippen molar-refractivity contribution in [3.05, 3.63) is 78.1 Å². The first-order chi connectivity index (χ1) is 14.1. The lowest BCUT2D eigenvalue weighted by atomic mass is 10.2. The van der Waals surface area contributed by atoms with E-state index < -0.39 is 11.6 Å². The molecule has 0 bridgehead atoms. The Morgan fingerprint density at radius 3 is 2.41 bits per heavy atom. The standard InChI is InChI=1S/C22H20F2N4O/c23-16-3-8-21(20(24)12-16)26-18-11-15(13-25-14-18)22(29)27-17-4-6-19(7-5-17)28-9-1-2-10-28/h3-8,11-14,26H,1-2,9-10H2,(H,27,29). The predicted octanol–water partition coefficient (Wildman–Crippen LogP) is 4.96. The minimum Gasteiger partial charge on any atom is -0.372 e. The number of pyridine rings is 1. The quantitative estimate of drug-likeness (QED) is 0.643. The van der Waals surface area contributed by atoms with Crippen LogP contribution in [0, 0.1) is 11.6 Å². The highest BCUT2D eigenvalue weighted by Crippen LogP contribution is 2.23. The lowest BCUT2D eigenvalue weighted by Crippen LogP contribution is -2.17. The zero-order valence-corrected chi connectivity index (χ0v) is 15.7. The molecule has 0 unspecified atom stereocenters. The molecular formula is C22H20F2N4O. The fourth-order valence-electron chi connectivity index (χ4n) is 3.31. The summed E-state index contributed by atoms with van der Waals surface area (Å²) in [6.45, 7) is 2.12. The number of rotatable bonds is 5. The molecule has 1 aliphatic rings. The zero-order chi connectivity index (χ0) is 20.2. The van der Waals surface area contributed by atoms with E-state index in [9.17, 15) is 13.6 Å². The maximum Gasteiger partial charge on any atom is 0.257 e. The maximum absolute atomic E-state index is 13.8. The Morgan fingerprint density at radius 2 is 1.69 bits per heavy atom. The van der Waals surface area contributed by atoms with Crippen molar-refractivity contribution in [2.24, 2.45) is 0 Å². The van der Waals surface area contributed by atoms with Crippen molar-refractivity contribution in [3.8, 4) is 0 Å². The minimum absolute atomic E-state index is 0.100. The van der Waals surface area contributed by atoms with Crippen molar-refractivity contribution in [2.45, 2.75) is 12.8 Å². The molecule has 1 saturated heterocycles. The van der Waals surface area contributed by atoms with Crippen molar-refractivity contribution >= 4 is 28.7 Å². The number of hydrogen-bond donors (Lipinski definition) is 2. The van der Waals surface area contributed by atoms with Gasteiger partial charge in [-0.25, -0.2) is 8.78 Å². The van der Waals surface area contributed by atoms with Crippen molar-refractivity contribution in [2.75, 3.05) is 28.6 Å². The van der Waals surface area contributed by atoms with Gasteiger partial charge in [0.1, 0.15) is 11.6 Å². The maximum atomic E-state index is 13.8. The number of hydrogen-bond acceptors (Lipinski definition) is 4. The second kappa shape index (κ2) is 8.26. The van der Waals surface area contributed by atoms with Crippen molar-refractivity contribution < 1.29 is 13.6 Å². The second-order valence-corrected chi connectivity index (χ2v) is 6.91. The van der Waals surface area contributed by atoms with Crippen molar-refractivity contribution in [3.63, 3.8) is 0 Å². The lowest BCUT2D eigenvalue weighted by Gasteiger charge is -2.17. The molecule has 0 radical (unpaired) electrons. The van der Waals surface area contributed by atoms with Crippen LogP contribution in [0.4, 0.5) is 31.5 Å². The first kappa shape index (κ1) is 18.9. The third-order valence-electron chi connectivity index (χ3n) is 4.81. The van der Waals surface area contributed by atoms with E-state index in [0.29, 0.717) is 16.9 Å². The van der Waals surface area contributed by atoms with E-state index in [4.69, 9.17) is 0 Å². The predicted molar refractivity (Wildman–Crippen MR) is 110 cm³/mol. The molecule has 0 aliphatic carbocycles.